The first-order chi connectivity index (χ1) is 12.1. The lowest BCUT2D eigenvalue weighted by Crippen LogP contribution is -2.38. The van der Waals surface area contributed by atoms with E-state index in [1.165, 1.54) is 0 Å². The predicted molar refractivity (Wildman–Crippen MR) is 90.3 cm³/mol. The van der Waals surface area contributed by atoms with Crippen LogP contribution in [0.25, 0.3) is 0 Å². The van der Waals surface area contributed by atoms with Gasteiger partial charge in [0.25, 0.3) is 0 Å². The highest BCUT2D eigenvalue weighted by Crippen LogP contribution is 2.11. The summed E-state index contributed by atoms with van der Waals surface area (Å²) < 4.78 is 0. The second kappa shape index (κ2) is 8.19. The molecule has 1 saturated heterocycles. The molecule has 0 saturated carbocycles. The zero-order chi connectivity index (χ0) is 17.6. The van der Waals surface area contributed by atoms with Crippen molar-refractivity contribution in [2.45, 2.75) is 25.7 Å². The number of aliphatic hydroxyl groups is 2. The van der Waals surface area contributed by atoms with Gasteiger partial charge in [-0.2, -0.15) is 15.4 Å². The number of aromatic amines is 1. The van der Waals surface area contributed by atoms with Crippen LogP contribution in [-0.2, 0) is 24.4 Å². The van der Waals surface area contributed by atoms with E-state index in [0.717, 1.165) is 16.8 Å². The van der Waals surface area contributed by atoms with Gasteiger partial charge < -0.3 is 15.1 Å². The Bertz CT molecular complexity index is 674. The fraction of sp³-hybridized carbons (Fsp3) is 0.471. The maximum absolute atomic E-state index is 12.6. The number of β-amino-alcohol motifs (C(OH)–C–C–N with tert-alkyl or cyclic N) is 1. The number of hydrogen-bond acceptors (Lipinski definition) is 6. The first kappa shape index (κ1) is 17.5. The van der Waals surface area contributed by atoms with Gasteiger partial charge in [-0.3, -0.25) is 9.69 Å². The van der Waals surface area contributed by atoms with E-state index in [1.807, 2.05) is 24.3 Å². The Labute approximate surface area is 146 Å². The van der Waals surface area contributed by atoms with Gasteiger partial charge in [-0.05, 0) is 11.1 Å². The van der Waals surface area contributed by atoms with Crippen LogP contribution in [0.4, 0.5) is 0 Å². The lowest BCUT2D eigenvalue weighted by atomic mass is 10.1. The van der Waals surface area contributed by atoms with Crippen LogP contribution in [0.15, 0.2) is 30.5 Å². The van der Waals surface area contributed by atoms with Crippen LogP contribution in [-0.4, -0.2) is 73.6 Å². The van der Waals surface area contributed by atoms with Crippen molar-refractivity contribution < 1.29 is 15.0 Å². The minimum absolute atomic E-state index is 0.000848. The topological polar surface area (TPSA) is 106 Å². The summed E-state index contributed by atoms with van der Waals surface area (Å²) in [6, 6.07) is 7.35. The predicted octanol–water partition coefficient (Wildman–Crippen LogP) is -0.455. The van der Waals surface area contributed by atoms with Gasteiger partial charge in [0.1, 0.15) is 0 Å². The molecule has 8 heteroatoms. The summed E-state index contributed by atoms with van der Waals surface area (Å²) in [5, 5.41) is 29.7. The highest BCUT2D eigenvalue weighted by molar-refractivity contribution is 5.78. The number of nitrogens with zero attached hydrogens (tertiary/aromatic N) is 4. The van der Waals surface area contributed by atoms with Gasteiger partial charge in [0.2, 0.25) is 5.91 Å². The first-order valence-electron chi connectivity index (χ1n) is 8.35. The van der Waals surface area contributed by atoms with Crippen molar-refractivity contribution in [1.82, 2.24) is 25.2 Å². The van der Waals surface area contributed by atoms with Crippen LogP contribution in [0.2, 0.25) is 0 Å². The van der Waals surface area contributed by atoms with Crippen LogP contribution < -0.4 is 0 Å². The average Bonchev–Trinajstić information content (AvgIpc) is 3.04. The van der Waals surface area contributed by atoms with Crippen molar-refractivity contribution in [2.24, 2.45) is 0 Å². The SMILES string of the molecule is O=C(Cc1ccc(CO)cc1)N1CCN(Cc2cn[nH]n2)C[C@@H](O)C1. The van der Waals surface area contributed by atoms with E-state index in [2.05, 4.69) is 20.3 Å². The molecule has 8 nitrogen and oxygen atoms in total. The number of rotatable bonds is 5. The van der Waals surface area contributed by atoms with Crippen molar-refractivity contribution in [1.29, 1.82) is 0 Å². The summed E-state index contributed by atoms with van der Waals surface area (Å²) in [6.45, 7) is 2.68. The number of nitrogens with one attached hydrogen (secondary N) is 1. The van der Waals surface area contributed by atoms with Crippen molar-refractivity contribution in [3.8, 4) is 0 Å². The summed E-state index contributed by atoms with van der Waals surface area (Å²) >= 11 is 0. The summed E-state index contributed by atoms with van der Waals surface area (Å²) in [4.78, 5) is 16.4. The molecule has 2 aromatic rings. The quantitative estimate of drug-likeness (QED) is 0.678. The normalized spacial score (nSPS) is 19.0. The third kappa shape index (κ3) is 4.85. The van der Waals surface area contributed by atoms with Gasteiger partial charge in [-0.15, -0.1) is 0 Å². The summed E-state index contributed by atoms with van der Waals surface area (Å²) in [5.74, 6) is -0.000848. The Morgan fingerprint density at radius 3 is 2.64 bits per heavy atom. The second-order valence-electron chi connectivity index (χ2n) is 6.34. The van der Waals surface area contributed by atoms with Gasteiger partial charge in [-0.1, -0.05) is 24.3 Å². The number of aromatic nitrogens is 3. The number of aliphatic hydroxyl groups excluding tert-OH is 2. The van der Waals surface area contributed by atoms with Crippen LogP contribution in [0.5, 0.6) is 0 Å². The Hall–Kier alpha value is -2.29. The molecule has 3 N–H and O–H groups in total. The van der Waals surface area contributed by atoms with E-state index in [1.54, 1.807) is 11.1 Å². The van der Waals surface area contributed by atoms with Crippen LogP contribution in [0, 0.1) is 0 Å². The van der Waals surface area contributed by atoms with Crippen LogP contribution in [0.1, 0.15) is 16.8 Å². The molecule has 1 aromatic heterocycles. The van der Waals surface area contributed by atoms with E-state index in [-0.39, 0.29) is 12.5 Å². The molecule has 1 aliphatic rings. The maximum atomic E-state index is 12.6. The van der Waals surface area contributed by atoms with E-state index >= 15 is 0 Å². The molecular formula is C17H23N5O3. The van der Waals surface area contributed by atoms with Crippen molar-refractivity contribution in [2.75, 3.05) is 26.2 Å². The molecule has 2 heterocycles. The molecule has 1 fully saturated rings. The maximum Gasteiger partial charge on any atom is 0.227 e. The summed E-state index contributed by atoms with van der Waals surface area (Å²) in [6.07, 6.45) is 1.37. The van der Waals surface area contributed by atoms with Gasteiger partial charge >= 0.3 is 0 Å². The molecule has 1 atom stereocenters. The number of carbonyl (C=O) groups excluding carboxylic acids is 1. The number of hydrogen-bond donors (Lipinski definition) is 3. The number of H-pyrrole nitrogens is 1. The highest BCUT2D eigenvalue weighted by Gasteiger charge is 2.24. The first-order valence-corrected chi connectivity index (χ1v) is 8.35. The monoisotopic (exact) mass is 345 g/mol. The number of benzene rings is 1. The van der Waals surface area contributed by atoms with Crippen LogP contribution >= 0.6 is 0 Å². The van der Waals surface area contributed by atoms with Crippen molar-refractivity contribution >= 4 is 5.91 Å². The largest absolute Gasteiger partial charge is 0.392 e. The molecule has 0 radical (unpaired) electrons. The lowest BCUT2D eigenvalue weighted by molar-refractivity contribution is -0.131. The molecule has 1 amide bonds. The van der Waals surface area contributed by atoms with Gasteiger partial charge in [0, 0.05) is 32.7 Å². The van der Waals surface area contributed by atoms with E-state index < -0.39 is 6.10 Å². The summed E-state index contributed by atoms with van der Waals surface area (Å²) in [5.41, 5.74) is 2.54. The van der Waals surface area contributed by atoms with Gasteiger partial charge in [0.05, 0.1) is 31.0 Å². The molecule has 0 spiro atoms. The molecule has 1 aromatic carbocycles. The smallest absolute Gasteiger partial charge is 0.227 e. The molecule has 1 aliphatic heterocycles. The molecular weight excluding hydrogens is 322 g/mol. The fourth-order valence-corrected chi connectivity index (χ4v) is 3.00. The lowest BCUT2D eigenvalue weighted by Gasteiger charge is -2.22. The standard InChI is InChI=1S/C17H23N5O3/c23-12-14-3-1-13(2-4-14)7-17(25)22-6-5-21(10-16(24)11-22)9-15-8-18-20-19-15/h1-4,8,16,23-24H,5-7,9-12H2,(H,18,19,20)/t16-/m1/s1. The highest BCUT2D eigenvalue weighted by atomic mass is 16.3. The minimum Gasteiger partial charge on any atom is -0.392 e. The van der Waals surface area contributed by atoms with Gasteiger partial charge in [-0.25, -0.2) is 0 Å². The Kier molecular flexibility index (Phi) is 5.75. The third-order valence-electron chi connectivity index (χ3n) is 4.35. The Balaban J connectivity index is 1.57. The third-order valence-corrected chi connectivity index (χ3v) is 4.35. The number of amides is 1. The molecule has 134 valence electrons. The number of carbonyl (C=O) groups is 1. The summed E-state index contributed by atoms with van der Waals surface area (Å²) in [7, 11) is 0. The fourth-order valence-electron chi connectivity index (χ4n) is 3.00. The second-order valence-corrected chi connectivity index (χ2v) is 6.34. The van der Waals surface area contributed by atoms with Crippen molar-refractivity contribution in [3.05, 3.63) is 47.3 Å². The van der Waals surface area contributed by atoms with Crippen LogP contribution in [0.3, 0.4) is 0 Å². The Morgan fingerprint density at radius 2 is 1.96 bits per heavy atom. The van der Waals surface area contributed by atoms with E-state index in [4.69, 9.17) is 5.11 Å². The minimum atomic E-state index is -0.588. The molecule has 0 unspecified atom stereocenters. The van der Waals surface area contributed by atoms with Crippen molar-refractivity contribution in [3.63, 3.8) is 0 Å². The molecule has 0 aliphatic carbocycles. The Morgan fingerprint density at radius 1 is 1.20 bits per heavy atom. The van der Waals surface area contributed by atoms with Gasteiger partial charge in [0.15, 0.2) is 0 Å². The molecule has 25 heavy (non-hydrogen) atoms. The zero-order valence-electron chi connectivity index (χ0n) is 14.0. The zero-order valence-corrected chi connectivity index (χ0v) is 14.0. The van der Waals surface area contributed by atoms with E-state index in [9.17, 15) is 9.90 Å². The molecule has 0 bridgehead atoms. The average molecular weight is 345 g/mol. The van der Waals surface area contributed by atoms with E-state index in [0.29, 0.717) is 39.1 Å². The molecule has 3 rings (SSSR count).